The van der Waals surface area contributed by atoms with Gasteiger partial charge in [0.15, 0.2) is 0 Å². The van der Waals surface area contributed by atoms with Crippen LogP contribution in [-0.4, -0.2) is 34.6 Å². The molecule has 2 saturated carbocycles. The van der Waals surface area contributed by atoms with E-state index >= 15 is 0 Å². The van der Waals surface area contributed by atoms with Crippen LogP contribution in [0.5, 0.6) is 0 Å². The molecule has 0 aromatic carbocycles. The summed E-state index contributed by atoms with van der Waals surface area (Å²) in [5, 5.41) is 8.90. The van der Waals surface area contributed by atoms with Crippen molar-refractivity contribution in [2.45, 2.75) is 83.2 Å². The van der Waals surface area contributed by atoms with Crippen molar-refractivity contribution in [2.75, 3.05) is 6.54 Å². The lowest BCUT2D eigenvalue weighted by Gasteiger charge is -2.31. The predicted molar refractivity (Wildman–Crippen MR) is 77.3 cm³/mol. The average molecular weight is 267 g/mol. The highest BCUT2D eigenvalue weighted by molar-refractivity contribution is 5.66. The van der Waals surface area contributed by atoms with Gasteiger partial charge in [0, 0.05) is 18.6 Å². The van der Waals surface area contributed by atoms with Crippen molar-refractivity contribution in [2.24, 2.45) is 5.92 Å². The van der Waals surface area contributed by atoms with E-state index in [9.17, 15) is 4.79 Å². The van der Waals surface area contributed by atoms with Crippen molar-refractivity contribution in [3.63, 3.8) is 0 Å². The Labute approximate surface area is 117 Å². The first-order valence-corrected chi connectivity index (χ1v) is 8.18. The summed E-state index contributed by atoms with van der Waals surface area (Å²) >= 11 is 0. The highest BCUT2D eigenvalue weighted by atomic mass is 16.4. The highest BCUT2D eigenvalue weighted by Crippen LogP contribution is 2.35. The van der Waals surface area contributed by atoms with Crippen molar-refractivity contribution in [3.05, 3.63) is 0 Å². The lowest BCUT2D eigenvalue weighted by atomic mass is 9.95. The molecule has 0 amide bonds. The van der Waals surface area contributed by atoms with E-state index in [1.165, 1.54) is 57.8 Å². The molecule has 110 valence electrons. The van der Waals surface area contributed by atoms with Crippen LogP contribution < -0.4 is 0 Å². The van der Waals surface area contributed by atoms with Gasteiger partial charge in [-0.1, -0.05) is 32.6 Å². The summed E-state index contributed by atoms with van der Waals surface area (Å²) in [6.07, 6.45) is 12.2. The number of hydrogen-bond acceptors (Lipinski definition) is 2. The Bertz CT molecular complexity index is 288. The second-order valence-corrected chi connectivity index (χ2v) is 6.43. The fourth-order valence-electron chi connectivity index (χ4n) is 3.68. The van der Waals surface area contributed by atoms with Gasteiger partial charge in [0.1, 0.15) is 0 Å². The normalized spacial score (nSPS) is 28.3. The minimum Gasteiger partial charge on any atom is -0.481 e. The van der Waals surface area contributed by atoms with Gasteiger partial charge in [-0.3, -0.25) is 9.69 Å². The van der Waals surface area contributed by atoms with E-state index in [1.54, 1.807) is 0 Å². The third-order valence-corrected chi connectivity index (χ3v) is 4.82. The second kappa shape index (κ2) is 7.28. The Morgan fingerprint density at radius 2 is 1.79 bits per heavy atom. The third kappa shape index (κ3) is 4.79. The van der Waals surface area contributed by atoms with Crippen LogP contribution in [0.25, 0.3) is 0 Å². The molecule has 3 heteroatoms. The molecule has 2 aliphatic rings. The predicted octanol–water partition coefficient (Wildman–Crippen LogP) is 3.67. The van der Waals surface area contributed by atoms with Crippen LogP contribution in [0.2, 0.25) is 0 Å². The average Bonchev–Trinajstić information content (AvgIpc) is 3.18. The van der Waals surface area contributed by atoms with E-state index in [-0.39, 0.29) is 0 Å². The van der Waals surface area contributed by atoms with Crippen LogP contribution in [-0.2, 0) is 4.79 Å². The Balaban J connectivity index is 1.84. The molecule has 0 aliphatic heterocycles. The van der Waals surface area contributed by atoms with E-state index in [0.717, 1.165) is 12.5 Å². The number of carboxylic acids is 1. The van der Waals surface area contributed by atoms with E-state index in [2.05, 4.69) is 11.8 Å². The largest absolute Gasteiger partial charge is 0.481 e. The number of aliphatic carboxylic acids is 1. The lowest BCUT2D eigenvalue weighted by Crippen LogP contribution is -2.38. The molecule has 3 nitrogen and oxygen atoms in total. The summed E-state index contributed by atoms with van der Waals surface area (Å²) < 4.78 is 0. The summed E-state index contributed by atoms with van der Waals surface area (Å²) in [6.45, 7) is 3.05. The second-order valence-electron chi connectivity index (χ2n) is 6.43. The summed E-state index contributed by atoms with van der Waals surface area (Å²) in [5.74, 6) is 0.277. The molecule has 0 heterocycles. The summed E-state index contributed by atoms with van der Waals surface area (Å²) in [7, 11) is 0. The number of carboxylic acid groups (broad SMARTS) is 1. The van der Waals surface area contributed by atoms with Crippen molar-refractivity contribution in [3.8, 4) is 0 Å². The van der Waals surface area contributed by atoms with Gasteiger partial charge >= 0.3 is 5.97 Å². The van der Waals surface area contributed by atoms with Gasteiger partial charge in [0.05, 0.1) is 6.42 Å². The molecule has 0 bridgehead atoms. The van der Waals surface area contributed by atoms with Crippen LogP contribution in [0, 0.1) is 5.92 Å². The summed E-state index contributed by atoms with van der Waals surface area (Å²) in [6, 6.07) is 1.36. The van der Waals surface area contributed by atoms with Gasteiger partial charge in [0.2, 0.25) is 0 Å². The maximum Gasteiger partial charge on any atom is 0.304 e. The number of rotatable bonds is 7. The molecule has 2 rings (SSSR count). The lowest BCUT2D eigenvalue weighted by molar-refractivity contribution is -0.137. The number of hydrogen-bond donors (Lipinski definition) is 1. The molecule has 0 saturated heterocycles. The standard InChI is InChI=1S/C16H29NO2/c1-2-4-13-5-3-6-14(8-7-13)17(15-9-10-15)12-11-16(18)19/h13-15H,2-12H2,1H3,(H,18,19). The molecule has 0 radical (unpaired) electrons. The third-order valence-electron chi connectivity index (χ3n) is 4.82. The van der Waals surface area contributed by atoms with Crippen LogP contribution in [0.3, 0.4) is 0 Å². The smallest absolute Gasteiger partial charge is 0.304 e. The van der Waals surface area contributed by atoms with Crippen molar-refractivity contribution in [1.82, 2.24) is 4.90 Å². The van der Waals surface area contributed by atoms with Gasteiger partial charge in [-0.25, -0.2) is 0 Å². The first-order chi connectivity index (χ1) is 9.20. The quantitative estimate of drug-likeness (QED) is 0.715. The molecule has 2 fully saturated rings. The monoisotopic (exact) mass is 267 g/mol. The molecule has 0 spiro atoms. The Morgan fingerprint density at radius 3 is 2.42 bits per heavy atom. The van der Waals surface area contributed by atoms with Gasteiger partial charge in [-0.15, -0.1) is 0 Å². The van der Waals surface area contributed by atoms with Crippen molar-refractivity contribution >= 4 is 5.97 Å². The molecule has 2 aliphatic carbocycles. The van der Waals surface area contributed by atoms with Crippen molar-refractivity contribution < 1.29 is 9.90 Å². The zero-order valence-electron chi connectivity index (χ0n) is 12.3. The van der Waals surface area contributed by atoms with Crippen LogP contribution >= 0.6 is 0 Å². The van der Waals surface area contributed by atoms with Gasteiger partial charge in [-0.2, -0.15) is 0 Å². The minimum atomic E-state index is -0.650. The molecule has 1 N–H and O–H groups in total. The molecule has 19 heavy (non-hydrogen) atoms. The molecule has 2 unspecified atom stereocenters. The van der Waals surface area contributed by atoms with Gasteiger partial charge in [0.25, 0.3) is 0 Å². The number of nitrogens with zero attached hydrogens (tertiary/aromatic N) is 1. The molecule has 0 aromatic rings. The van der Waals surface area contributed by atoms with Crippen LogP contribution in [0.15, 0.2) is 0 Å². The molecule has 0 aromatic heterocycles. The first-order valence-electron chi connectivity index (χ1n) is 8.18. The zero-order valence-corrected chi connectivity index (χ0v) is 12.3. The van der Waals surface area contributed by atoms with E-state index in [4.69, 9.17) is 5.11 Å². The SMILES string of the molecule is CCCC1CCCC(N(CCC(=O)O)C2CC2)CC1. The Hall–Kier alpha value is -0.570. The fraction of sp³-hybridized carbons (Fsp3) is 0.938. The topological polar surface area (TPSA) is 40.5 Å². The maximum atomic E-state index is 10.8. The molecular weight excluding hydrogens is 238 g/mol. The fourth-order valence-corrected chi connectivity index (χ4v) is 3.68. The maximum absolute atomic E-state index is 10.8. The van der Waals surface area contributed by atoms with E-state index in [0.29, 0.717) is 18.5 Å². The van der Waals surface area contributed by atoms with E-state index < -0.39 is 5.97 Å². The first kappa shape index (κ1) is 14.8. The van der Waals surface area contributed by atoms with Crippen LogP contribution in [0.4, 0.5) is 0 Å². The Kier molecular flexibility index (Phi) is 5.68. The molecule has 2 atom stereocenters. The number of carbonyl (C=O) groups is 1. The summed E-state index contributed by atoms with van der Waals surface area (Å²) in [5.41, 5.74) is 0. The van der Waals surface area contributed by atoms with Crippen LogP contribution in [0.1, 0.15) is 71.1 Å². The van der Waals surface area contributed by atoms with Gasteiger partial charge in [-0.05, 0) is 38.0 Å². The zero-order chi connectivity index (χ0) is 13.7. The van der Waals surface area contributed by atoms with E-state index in [1.807, 2.05) is 0 Å². The molecular formula is C16H29NO2. The minimum absolute atomic E-state index is 0.311. The summed E-state index contributed by atoms with van der Waals surface area (Å²) in [4.78, 5) is 13.3. The van der Waals surface area contributed by atoms with Gasteiger partial charge < -0.3 is 5.11 Å². The highest BCUT2D eigenvalue weighted by Gasteiger charge is 2.34. The van der Waals surface area contributed by atoms with Crippen molar-refractivity contribution in [1.29, 1.82) is 0 Å². The Morgan fingerprint density at radius 1 is 1.11 bits per heavy atom.